The monoisotopic (exact) mass is 240 g/mol. The second kappa shape index (κ2) is 6.49. The molecule has 1 aromatic carbocycles. The molecule has 2 nitrogen and oxygen atoms in total. The molecule has 4 heteroatoms. The summed E-state index contributed by atoms with van der Waals surface area (Å²) in [5.41, 5.74) is 6.42. The number of halogens is 2. The van der Waals surface area contributed by atoms with Crippen LogP contribution in [0.3, 0.4) is 0 Å². The van der Waals surface area contributed by atoms with Gasteiger partial charge in [-0.05, 0) is 17.7 Å². The summed E-state index contributed by atoms with van der Waals surface area (Å²) in [5, 5.41) is 3.55. The molecule has 1 aromatic rings. The SMILES string of the molecule is C#CCCNC(CN)c1ccc(F)cc1Cl. The number of nitrogens with two attached hydrogens (primary N) is 1. The molecular weight excluding hydrogens is 227 g/mol. The van der Waals surface area contributed by atoms with Crippen molar-refractivity contribution in [2.75, 3.05) is 13.1 Å². The zero-order chi connectivity index (χ0) is 12.0. The van der Waals surface area contributed by atoms with Gasteiger partial charge in [0, 0.05) is 30.6 Å². The van der Waals surface area contributed by atoms with Crippen LogP contribution < -0.4 is 11.1 Å². The molecule has 0 amide bonds. The van der Waals surface area contributed by atoms with Crippen molar-refractivity contribution < 1.29 is 4.39 Å². The minimum absolute atomic E-state index is 0.0959. The molecule has 86 valence electrons. The van der Waals surface area contributed by atoms with Crippen LogP contribution in [-0.4, -0.2) is 13.1 Å². The van der Waals surface area contributed by atoms with Gasteiger partial charge in [0.2, 0.25) is 0 Å². The van der Waals surface area contributed by atoms with Crippen molar-refractivity contribution in [3.05, 3.63) is 34.6 Å². The number of benzene rings is 1. The Hall–Kier alpha value is -1.08. The van der Waals surface area contributed by atoms with Crippen LogP contribution in [0, 0.1) is 18.2 Å². The third-order valence-electron chi connectivity index (χ3n) is 2.23. The fraction of sp³-hybridized carbons (Fsp3) is 0.333. The van der Waals surface area contributed by atoms with E-state index in [0.29, 0.717) is 24.5 Å². The van der Waals surface area contributed by atoms with Gasteiger partial charge in [0.15, 0.2) is 0 Å². The van der Waals surface area contributed by atoms with E-state index in [-0.39, 0.29) is 11.9 Å². The minimum Gasteiger partial charge on any atom is -0.329 e. The lowest BCUT2D eigenvalue weighted by atomic mass is 10.1. The van der Waals surface area contributed by atoms with E-state index in [4.69, 9.17) is 23.8 Å². The highest BCUT2D eigenvalue weighted by Gasteiger charge is 2.12. The summed E-state index contributed by atoms with van der Waals surface area (Å²) in [5.74, 6) is 2.17. The molecule has 0 aliphatic carbocycles. The molecule has 0 fully saturated rings. The smallest absolute Gasteiger partial charge is 0.124 e. The molecule has 0 spiro atoms. The number of terminal acetylenes is 1. The molecule has 0 saturated carbocycles. The van der Waals surface area contributed by atoms with Crippen LogP contribution in [0.1, 0.15) is 18.0 Å². The molecule has 0 aliphatic heterocycles. The van der Waals surface area contributed by atoms with Crippen molar-refractivity contribution in [2.24, 2.45) is 5.73 Å². The lowest BCUT2D eigenvalue weighted by Crippen LogP contribution is -2.29. The van der Waals surface area contributed by atoms with Gasteiger partial charge in [-0.2, -0.15) is 0 Å². The molecule has 3 N–H and O–H groups in total. The van der Waals surface area contributed by atoms with Gasteiger partial charge in [-0.1, -0.05) is 17.7 Å². The van der Waals surface area contributed by atoms with E-state index in [0.717, 1.165) is 5.56 Å². The Balaban J connectivity index is 2.75. The molecule has 0 bridgehead atoms. The van der Waals surface area contributed by atoms with Gasteiger partial charge in [-0.15, -0.1) is 12.3 Å². The van der Waals surface area contributed by atoms with Crippen molar-refractivity contribution in [2.45, 2.75) is 12.5 Å². The first kappa shape index (κ1) is 13.0. The minimum atomic E-state index is -0.354. The van der Waals surface area contributed by atoms with Crippen LogP contribution in [0.2, 0.25) is 5.02 Å². The average Bonchev–Trinajstić information content (AvgIpc) is 2.26. The molecular formula is C12H14ClFN2. The predicted molar refractivity (Wildman–Crippen MR) is 64.7 cm³/mol. The Morgan fingerprint density at radius 2 is 2.31 bits per heavy atom. The first-order valence-electron chi connectivity index (χ1n) is 5.01. The van der Waals surface area contributed by atoms with Gasteiger partial charge in [0.25, 0.3) is 0 Å². The summed E-state index contributed by atoms with van der Waals surface area (Å²) in [6.45, 7) is 1.04. The maximum atomic E-state index is 12.9. The third-order valence-corrected chi connectivity index (χ3v) is 2.56. The number of nitrogens with one attached hydrogen (secondary N) is 1. The summed E-state index contributed by atoms with van der Waals surface area (Å²) in [7, 11) is 0. The Bertz CT molecular complexity index is 387. The van der Waals surface area contributed by atoms with Crippen molar-refractivity contribution in [3.63, 3.8) is 0 Å². The quantitative estimate of drug-likeness (QED) is 0.611. The highest BCUT2D eigenvalue weighted by molar-refractivity contribution is 6.31. The first-order valence-corrected chi connectivity index (χ1v) is 5.38. The topological polar surface area (TPSA) is 38.0 Å². The third kappa shape index (κ3) is 3.49. The van der Waals surface area contributed by atoms with Crippen molar-refractivity contribution >= 4 is 11.6 Å². The number of hydrogen-bond donors (Lipinski definition) is 2. The Morgan fingerprint density at radius 1 is 1.56 bits per heavy atom. The van der Waals surface area contributed by atoms with E-state index in [2.05, 4.69) is 11.2 Å². The summed E-state index contributed by atoms with van der Waals surface area (Å²) < 4.78 is 12.9. The average molecular weight is 241 g/mol. The lowest BCUT2D eigenvalue weighted by Gasteiger charge is -2.17. The zero-order valence-corrected chi connectivity index (χ0v) is 9.60. The van der Waals surface area contributed by atoms with Gasteiger partial charge in [0.1, 0.15) is 5.82 Å². The standard InChI is InChI=1S/C12H14ClFN2/c1-2-3-6-16-12(8-15)10-5-4-9(14)7-11(10)13/h1,4-5,7,12,16H,3,6,8,15H2. The van der Waals surface area contributed by atoms with E-state index in [1.807, 2.05) is 0 Å². The molecule has 0 aliphatic rings. The van der Waals surface area contributed by atoms with Crippen LogP contribution in [-0.2, 0) is 0 Å². The van der Waals surface area contributed by atoms with Gasteiger partial charge in [-0.25, -0.2) is 4.39 Å². The van der Waals surface area contributed by atoms with E-state index in [9.17, 15) is 4.39 Å². The Kier molecular flexibility index (Phi) is 5.27. The van der Waals surface area contributed by atoms with Gasteiger partial charge in [0.05, 0.1) is 0 Å². The molecule has 1 atom stereocenters. The fourth-order valence-electron chi connectivity index (χ4n) is 1.42. The van der Waals surface area contributed by atoms with E-state index >= 15 is 0 Å². The van der Waals surface area contributed by atoms with Crippen LogP contribution >= 0.6 is 11.6 Å². The molecule has 1 unspecified atom stereocenters. The summed E-state index contributed by atoms with van der Waals surface area (Å²) in [6, 6.07) is 4.19. The largest absolute Gasteiger partial charge is 0.329 e. The van der Waals surface area contributed by atoms with Gasteiger partial charge in [-0.3, -0.25) is 0 Å². The second-order valence-corrected chi connectivity index (χ2v) is 3.77. The van der Waals surface area contributed by atoms with Crippen LogP contribution in [0.5, 0.6) is 0 Å². The van der Waals surface area contributed by atoms with Crippen LogP contribution in [0.25, 0.3) is 0 Å². The maximum absolute atomic E-state index is 12.9. The second-order valence-electron chi connectivity index (χ2n) is 3.36. The van der Waals surface area contributed by atoms with Crippen LogP contribution in [0.15, 0.2) is 18.2 Å². The van der Waals surface area contributed by atoms with Gasteiger partial charge >= 0.3 is 0 Å². The van der Waals surface area contributed by atoms with Crippen molar-refractivity contribution in [3.8, 4) is 12.3 Å². The van der Waals surface area contributed by atoms with Crippen molar-refractivity contribution in [1.29, 1.82) is 0 Å². The molecule has 1 rings (SSSR count). The molecule has 0 radical (unpaired) electrons. The molecule has 0 heterocycles. The molecule has 0 aromatic heterocycles. The van der Waals surface area contributed by atoms with Gasteiger partial charge < -0.3 is 11.1 Å². The highest BCUT2D eigenvalue weighted by Crippen LogP contribution is 2.23. The maximum Gasteiger partial charge on any atom is 0.124 e. The zero-order valence-electron chi connectivity index (χ0n) is 8.84. The summed E-state index contributed by atoms with van der Waals surface area (Å²) in [6.07, 6.45) is 5.77. The Labute approximate surface area is 100.0 Å². The lowest BCUT2D eigenvalue weighted by molar-refractivity contribution is 0.548. The summed E-state index contributed by atoms with van der Waals surface area (Å²) in [4.78, 5) is 0. The molecule has 0 saturated heterocycles. The van der Waals surface area contributed by atoms with Crippen molar-refractivity contribution in [1.82, 2.24) is 5.32 Å². The van der Waals surface area contributed by atoms with E-state index < -0.39 is 0 Å². The predicted octanol–water partition coefficient (Wildman–Crippen LogP) is 2.09. The van der Waals surface area contributed by atoms with E-state index in [1.54, 1.807) is 6.07 Å². The highest BCUT2D eigenvalue weighted by atomic mass is 35.5. The summed E-state index contributed by atoms with van der Waals surface area (Å²) >= 11 is 5.94. The normalized spacial score (nSPS) is 12.1. The number of hydrogen-bond acceptors (Lipinski definition) is 2. The fourth-order valence-corrected chi connectivity index (χ4v) is 1.72. The van der Waals surface area contributed by atoms with E-state index in [1.165, 1.54) is 12.1 Å². The first-order chi connectivity index (χ1) is 7.69. The number of rotatable bonds is 5. The Morgan fingerprint density at radius 3 is 2.88 bits per heavy atom. The molecule has 16 heavy (non-hydrogen) atoms. The van der Waals surface area contributed by atoms with Crippen LogP contribution in [0.4, 0.5) is 4.39 Å².